The zero-order valence-corrected chi connectivity index (χ0v) is 15.4. The molecule has 7 heteroatoms. The molecule has 0 aromatic heterocycles. The van der Waals surface area contributed by atoms with Gasteiger partial charge in [0.15, 0.2) is 6.61 Å². The first-order valence-corrected chi connectivity index (χ1v) is 9.39. The van der Waals surface area contributed by atoms with Crippen LogP contribution < -0.4 is 5.32 Å². The monoisotopic (exact) mass is 372 g/mol. The Labute approximate surface area is 158 Å². The first-order chi connectivity index (χ1) is 13.0. The molecule has 1 aliphatic carbocycles. The number of imide groups is 1. The minimum atomic E-state index is -0.758. The maximum absolute atomic E-state index is 12.3. The molecule has 1 saturated carbocycles. The van der Waals surface area contributed by atoms with Crippen molar-refractivity contribution in [1.82, 2.24) is 4.90 Å². The number of benzene rings is 1. The van der Waals surface area contributed by atoms with Crippen molar-refractivity contribution in [2.45, 2.75) is 39.0 Å². The summed E-state index contributed by atoms with van der Waals surface area (Å²) in [5.41, 5.74) is 1.77. The van der Waals surface area contributed by atoms with Gasteiger partial charge in [-0.3, -0.25) is 24.1 Å². The number of fused-ring (bicyclic) bond motifs is 1. The lowest BCUT2D eigenvalue weighted by Gasteiger charge is -2.19. The molecule has 1 heterocycles. The zero-order chi connectivity index (χ0) is 19.4. The molecule has 2 atom stereocenters. The third-order valence-corrected chi connectivity index (χ3v) is 5.23. The number of nitrogens with one attached hydrogen (secondary N) is 1. The average molecular weight is 372 g/mol. The number of nitrogens with zero attached hydrogens (tertiary/aromatic N) is 1. The molecule has 1 aromatic rings. The third kappa shape index (κ3) is 4.35. The molecule has 3 amide bonds. The Balaban J connectivity index is 1.47. The molecular weight excluding hydrogens is 348 g/mol. The summed E-state index contributed by atoms with van der Waals surface area (Å²) < 4.78 is 4.94. The van der Waals surface area contributed by atoms with E-state index < -0.39 is 25.0 Å². The second-order valence-corrected chi connectivity index (χ2v) is 7.02. The highest BCUT2D eigenvalue weighted by Crippen LogP contribution is 2.37. The molecule has 1 saturated heterocycles. The number of esters is 1. The molecule has 3 rings (SSSR count). The van der Waals surface area contributed by atoms with Gasteiger partial charge in [0.2, 0.25) is 11.8 Å². The fourth-order valence-electron chi connectivity index (χ4n) is 3.73. The number of rotatable bonds is 6. The average Bonchev–Trinajstić information content (AvgIpc) is 2.92. The second-order valence-electron chi connectivity index (χ2n) is 7.02. The summed E-state index contributed by atoms with van der Waals surface area (Å²) in [6, 6.07) is 7.38. The van der Waals surface area contributed by atoms with E-state index in [9.17, 15) is 19.2 Å². The van der Waals surface area contributed by atoms with Gasteiger partial charge in [-0.2, -0.15) is 0 Å². The van der Waals surface area contributed by atoms with Crippen LogP contribution in [-0.2, 0) is 30.3 Å². The predicted octanol–water partition coefficient (Wildman–Crippen LogP) is 1.91. The maximum Gasteiger partial charge on any atom is 0.326 e. The Bertz CT molecular complexity index is 719. The van der Waals surface area contributed by atoms with Crippen molar-refractivity contribution in [2.24, 2.45) is 11.8 Å². The van der Waals surface area contributed by atoms with Crippen molar-refractivity contribution in [1.29, 1.82) is 0 Å². The van der Waals surface area contributed by atoms with Crippen LogP contribution in [0.5, 0.6) is 0 Å². The smallest absolute Gasteiger partial charge is 0.326 e. The van der Waals surface area contributed by atoms with Crippen LogP contribution in [0.25, 0.3) is 0 Å². The number of likely N-dealkylation sites (tertiary alicyclic amines) is 1. The fraction of sp³-hybridized carbons (Fsp3) is 0.500. The molecule has 2 fully saturated rings. The summed E-state index contributed by atoms with van der Waals surface area (Å²) in [6.07, 6.45) is 4.15. The van der Waals surface area contributed by atoms with E-state index in [1.165, 1.54) is 0 Å². The number of carbonyl (C=O) groups excluding carboxylic acids is 4. The van der Waals surface area contributed by atoms with E-state index in [2.05, 4.69) is 5.32 Å². The molecule has 0 bridgehead atoms. The third-order valence-electron chi connectivity index (χ3n) is 5.23. The number of hydrogen-bond acceptors (Lipinski definition) is 5. The van der Waals surface area contributed by atoms with Gasteiger partial charge in [0.1, 0.15) is 6.54 Å². The molecule has 27 heavy (non-hydrogen) atoms. The number of aryl methyl sites for hydroxylation is 1. The zero-order valence-electron chi connectivity index (χ0n) is 15.4. The molecule has 1 aliphatic heterocycles. The molecule has 0 unspecified atom stereocenters. The Hall–Kier alpha value is -2.70. The summed E-state index contributed by atoms with van der Waals surface area (Å²) >= 11 is 0. The van der Waals surface area contributed by atoms with Crippen LogP contribution in [0, 0.1) is 11.8 Å². The largest absolute Gasteiger partial charge is 0.454 e. The van der Waals surface area contributed by atoms with E-state index in [-0.39, 0.29) is 23.7 Å². The molecule has 0 radical (unpaired) electrons. The standard InChI is InChI=1S/C20H24N2O5/c1-2-13-7-9-14(10-8-13)21-17(23)12-27-18(24)11-22-19(25)15-5-3-4-6-16(15)20(22)26/h7-10,15-16H,2-6,11-12H2,1H3,(H,21,23)/t15-,16-/m1/s1. The van der Waals surface area contributed by atoms with Crippen molar-refractivity contribution in [3.63, 3.8) is 0 Å². The van der Waals surface area contributed by atoms with Crippen LogP contribution in [0.15, 0.2) is 24.3 Å². The van der Waals surface area contributed by atoms with Gasteiger partial charge in [-0.25, -0.2) is 0 Å². The summed E-state index contributed by atoms with van der Waals surface area (Å²) in [7, 11) is 0. The van der Waals surface area contributed by atoms with Crippen molar-refractivity contribution in [2.75, 3.05) is 18.5 Å². The number of anilines is 1. The van der Waals surface area contributed by atoms with Gasteiger partial charge in [0.05, 0.1) is 11.8 Å². The highest BCUT2D eigenvalue weighted by molar-refractivity contribution is 6.07. The molecule has 2 aliphatic rings. The van der Waals surface area contributed by atoms with E-state index in [1.54, 1.807) is 12.1 Å². The Morgan fingerprint density at radius 3 is 2.22 bits per heavy atom. The summed E-state index contributed by atoms with van der Waals surface area (Å²) in [5, 5.41) is 2.64. The van der Waals surface area contributed by atoms with Crippen molar-refractivity contribution in [3.8, 4) is 0 Å². The SMILES string of the molecule is CCc1ccc(NC(=O)COC(=O)CN2C(=O)[C@@H]3CCCC[C@H]3C2=O)cc1. The van der Waals surface area contributed by atoms with Crippen molar-refractivity contribution in [3.05, 3.63) is 29.8 Å². The van der Waals surface area contributed by atoms with Crippen molar-refractivity contribution >= 4 is 29.4 Å². The lowest BCUT2D eigenvalue weighted by atomic mass is 9.81. The first kappa shape index (κ1) is 19.1. The topological polar surface area (TPSA) is 92.8 Å². The summed E-state index contributed by atoms with van der Waals surface area (Å²) in [5.74, 6) is -2.40. The predicted molar refractivity (Wildman–Crippen MR) is 97.6 cm³/mol. The van der Waals surface area contributed by atoms with Gasteiger partial charge < -0.3 is 10.1 Å². The van der Waals surface area contributed by atoms with Crippen LogP contribution in [0.2, 0.25) is 0 Å². The van der Waals surface area contributed by atoms with E-state index in [0.717, 1.165) is 29.7 Å². The highest BCUT2D eigenvalue weighted by atomic mass is 16.5. The Morgan fingerprint density at radius 2 is 1.67 bits per heavy atom. The molecule has 7 nitrogen and oxygen atoms in total. The lowest BCUT2D eigenvalue weighted by molar-refractivity contribution is -0.154. The van der Waals surface area contributed by atoms with Gasteiger partial charge in [-0.1, -0.05) is 31.9 Å². The van der Waals surface area contributed by atoms with Crippen LogP contribution in [-0.4, -0.2) is 41.7 Å². The second kappa shape index (κ2) is 8.33. The van der Waals surface area contributed by atoms with Crippen LogP contribution in [0.1, 0.15) is 38.2 Å². The number of amides is 3. The van der Waals surface area contributed by atoms with Gasteiger partial charge in [-0.05, 0) is 37.0 Å². The highest BCUT2D eigenvalue weighted by Gasteiger charge is 2.48. The van der Waals surface area contributed by atoms with Crippen LogP contribution in [0.4, 0.5) is 5.69 Å². The van der Waals surface area contributed by atoms with E-state index in [1.807, 2.05) is 19.1 Å². The first-order valence-electron chi connectivity index (χ1n) is 9.39. The van der Waals surface area contributed by atoms with Gasteiger partial charge in [0, 0.05) is 5.69 Å². The molecular formula is C20H24N2O5. The normalized spacial score (nSPS) is 21.7. The maximum atomic E-state index is 12.3. The van der Waals surface area contributed by atoms with Gasteiger partial charge in [0.25, 0.3) is 5.91 Å². The Morgan fingerprint density at radius 1 is 1.07 bits per heavy atom. The number of hydrogen-bond donors (Lipinski definition) is 1. The molecule has 144 valence electrons. The minimum Gasteiger partial charge on any atom is -0.454 e. The van der Waals surface area contributed by atoms with Crippen LogP contribution >= 0.6 is 0 Å². The quantitative estimate of drug-likeness (QED) is 0.608. The van der Waals surface area contributed by atoms with Gasteiger partial charge in [-0.15, -0.1) is 0 Å². The van der Waals surface area contributed by atoms with Crippen LogP contribution in [0.3, 0.4) is 0 Å². The number of carbonyl (C=O) groups is 4. The van der Waals surface area contributed by atoms with Gasteiger partial charge >= 0.3 is 5.97 Å². The van der Waals surface area contributed by atoms with E-state index >= 15 is 0 Å². The lowest BCUT2D eigenvalue weighted by Crippen LogP contribution is -2.37. The van der Waals surface area contributed by atoms with Crippen molar-refractivity contribution < 1.29 is 23.9 Å². The number of ether oxygens (including phenoxy) is 1. The fourth-order valence-corrected chi connectivity index (χ4v) is 3.73. The molecule has 0 spiro atoms. The molecule has 1 aromatic carbocycles. The summed E-state index contributed by atoms with van der Waals surface area (Å²) in [6.45, 7) is 1.15. The Kier molecular flexibility index (Phi) is 5.88. The van der Waals surface area contributed by atoms with E-state index in [0.29, 0.717) is 18.5 Å². The molecule has 1 N–H and O–H groups in total. The summed E-state index contributed by atoms with van der Waals surface area (Å²) in [4.78, 5) is 49.6. The minimum absolute atomic E-state index is 0.290. The van der Waals surface area contributed by atoms with E-state index in [4.69, 9.17) is 4.74 Å².